The number of rotatable bonds is 3. The average molecular weight is 197 g/mol. The Labute approximate surface area is 81.8 Å². The van der Waals surface area contributed by atoms with E-state index in [0.717, 1.165) is 0 Å². The number of carboxylic acid groups (broad SMARTS) is 1. The number of likely N-dealkylation sites (N-methyl/N-ethyl adjacent to an activating group) is 1. The van der Waals surface area contributed by atoms with Crippen LogP contribution < -0.4 is 4.90 Å². The van der Waals surface area contributed by atoms with Gasteiger partial charge in [-0.25, -0.2) is 9.18 Å². The highest BCUT2D eigenvalue weighted by Gasteiger charge is 2.16. The molecule has 1 unspecified atom stereocenters. The molecule has 3 nitrogen and oxygen atoms in total. The van der Waals surface area contributed by atoms with Crippen molar-refractivity contribution in [2.45, 2.75) is 13.0 Å². The summed E-state index contributed by atoms with van der Waals surface area (Å²) in [5, 5.41) is 8.75. The second-order valence-electron chi connectivity index (χ2n) is 3.10. The molecule has 0 fully saturated rings. The van der Waals surface area contributed by atoms with Gasteiger partial charge in [-0.15, -0.1) is 0 Å². The third kappa shape index (κ3) is 2.22. The Kier molecular flexibility index (Phi) is 3.06. The number of carbonyl (C=O) groups is 1. The van der Waals surface area contributed by atoms with E-state index in [1.807, 2.05) is 0 Å². The van der Waals surface area contributed by atoms with Crippen LogP contribution in [0.3, 0.4) is 0 Å². The zero-order chi connectivity index (χ0) is 10.7. The minimum Gasteiger partial charge on any atom is -0.480 e. The summed E-state index contributed by atoms with van der Waals surface area (Å²) in [5.41, 5.74) is 0.555. The number of halogens is 1. The van der Waals surface area contributed by atoms with Gasteiger partial charge >= 0.3 is 5.97 Å². The third-order valence-corrected chi connectivity index (χ3v) is 2.15. The van der Waals surface area contributed by atoms with Crippen LogP contribution in [0.15, 0.2) is 24.3 Å². The summed E-state index contributed by atoms with van der Waals surface area (Å²) < 4.78 is 12.8. The topological polar surface area (TPSA) is 40.5 Å². The highest BCUT2D eigenvalue weighted by atomic mass is 19.1. The number of benzene rings is 1. The quantitative estimate of drug-likeness (QED) is 0.802. The zero-order valence-electron chi connectivity index (χ0n) is 8.07. The van der Waals surface area contributed by atoms with Crippen molar-refractivity contribution in [3.05, 3.63) is 30.1 Å². The maximum absolute atomic E-state index is 12.8. The lowest BCUT2D eigenvalue weighted by Crippen LogP contribution is -2.35. The van der Waals surface area contributed by atoms with Crippen LogP contribution in [0.1, 0.15) is 6.92 Å². The van der Waals surface area contributed by atoms with E-state index in [9.17, 15) is 9.18 Å². The summed E-state index contributed by atoms with van der Waals surface area (Å²) >= 11 is 0. The first kappa shape index (κ1) is 10.5. The van der Waals surface area contributed by atoms with E-state index in [1.54, 1.807) is 26.1 Å². The maximum atomic E-state index is 12.8. The SMILES string of the molecule is CC(C(=O)O)N(C)c1cccc(F)c1. The van der Waals surface area contributed by atoms with Gasteiger partial charge in [-0.05, 0) is 25.1 Å². The molecule has 0 aliphatic rings. The van der Waals surface area contributed by atoms with Gasteiger partial charge in [-0.3, -0.25) is 0 Å². The van der Waals surface area contributed by atoms with Crippen molar-refractivity contribution in [1.29, 1.82) is 0 Å². The fourth-order valence-electron chi connectivity index (χ4n) is 1.08. The summed E-state index contributed by atoms with van der Waals surface area (Å²) in [5.74, 6) is -1.30. The molecule has 1 rings (SSSR count). The molecular weight excluding hydrogens is 185 g/mol. The van der Waals surface area contributed by atoms with Gasteiger partial charge < -0.3 is 10.0 Å². The van der Waals surface area contributed by atoms with E-state index in [4.69, 9.17) is 5.11 Å². The summed E-state index contributed by atoms with van der Waals surface area (Å²) in [6.07, 6.45) is 0. The maximum Gasteiger partial charge on any atom is 0.326 e. The summed E-state index contributed by atoms with van der Waals surface area (Å²) in [4.78, 5) is 12.2. The van der Waals surface area contributed by atoms with Crippen molar-refractivity contribution in [2.75, 3.05) is 11.9 Å². The van der Waals surface area contributed by atoms with Crippen LogP contribution in [0.5, 0.6) is 0 Å². The van der Waals surface area contributed by atoms with Gasteiger partial charge in [0.2, 0.25) is 0 Å². The third-order valence-electron chi connectivity index (χ3n) is 2.15. The van der Waals surface area contributed by atoms with Gasteiger partial charge in [0.05, 0.1) is 0 Å². The van der Waals surface area contributed by atoms with Crippen LogP contribution in [0.4, 0.5) is 10.1 Å². The molecule has 14 heavy (non-hydrogen) atoms. The van der Waals surface area contributed by atoms with Crippen molar-refractivity contribution in [1.82, 2.24) is 0 Å². The lowest BCUT2D eigenvalue weighted by atomic mass is 10.2. The normalized spacial score (nSPS) is 12.2. The van der Waals surface area contributed by atoms with E-state index in [2.05, 4.69) is 0 Å². The van der Waals surface area contributed by atoms with E-state index < -0.39 is 12.0 Å². The predicted molar refractivity (Wildman–Crippen MR) is 51.9 cm³/mol. The first-order chi connectivity index (χ1) is 6.52. The predicted octanol–water partition coefficient (Wildman–Crippen LogP) is 1.74. The van der Waals surface area contributed by atoms with Crippen LogP contribution in [0, 0.1) is 5.82 Å². The van der Waals surface area contributed by atoms with Gasteiger partial charge in [0.25, 0.3) is 0 Å². The molecule has 0 aliphatic carbocycles. The van der Waals surface area contributed by atoms with Crippen molar-refractivity contribution >= 4 is 11.7 Å². The van der Waals surface area contributed by atoms with Crippen molar-refractivity contribution in [3.8, 4) is 0 Å². The minimum absolute atomic E-state index is 0.369. The molecule has 0 saturated heterocycles. The van der Waals surface area contributed by atoms with Crippen LogP contribution in [0.25, 0.3) is 0 Å². The van der Waals surface area contributed by atoms with Crippen molar-refractivity contribution in [3.63, 3.8) is 0 Å². The lowest BCUT2D eigenvalue weighted by Gasteiger charge is -2.23. The largest absolute Gasteiger partial charge is 0.480 e. The molecule has 0 aromatic heterocycles. The first-order valence-corrected chi connectivity index (χ1v) is 4.23. The van der Waals surface area contributed by atoms with Crippen molar-refractivity contribution < 1.29 is 14.3 Å². The molecule has 0 bridgehead atoms. The van der Waals surface area contributed by atoms with E-state index in [1.165, 1.54) is 17.0 Å². The zero-order valence-corrected chi connectivity index (χ0v) is 8.07. The van der Waals surface area contributed by atoms with E-state index in [0.29, 0.717) is 5.69 Å². The Morgan fingerprint density at radius 3 is 2.71 bits per heavy atom. The molecule has 76 valence electrons. The second kappa shape index (κ2) is 4.09. The molecule has 0 spiro atoms. The van der Waals surface area contributed by atoms with Gasteiger partial charge in [-0.2, -0.15) is 0 Å². The molecule has 4 heteroatoms. The number of nitrogens with zero attached hydrogens (tertiary/aromatic N) is 1. The minimum atomic E-state index is -0.934. The number of hydrogen-bond donors (Lipinski definition) is 1. The molecule has 1 atom stereocenters. The van der Waals surface area contributed by atoms with Crippen LogP contribution in [-0.4, -0.2) is 24.2 Å². The Hall–Kier alpha value is -1.58. The highest BCUT2D eigenvalue weighted by Crippen LogP contribution is 2.16. The molecule has 0 amide bonds. The number of carboxylic acids is 1. The summed E-state index contributed by atoms with van der Waals surface area (Å²) in [7, 11) is 1.62. The first-order valence-electron chi connectivity index (χ1n) is 4.23. The number of aliphatic carboxylic acids is 1. The molecule has 1 aromatic carbocycles. The molecule has 0 radical (unpaired) electrons. The highest BCUT2D eigenvalue weighted by molar-refractivity contribution is 5.77. The number of hydrogen-bond acceptors (Lipinski definition) is 2. The van der Waals surface area contributed by atoms with Gasteiger partial charge in [0, 0.05) is 12.7 Å². The van der Waals surface area contributed by atoms with Crippen LogP contribution in [-0.2, 0) is 4.79 Å². The fraction of sp³-hybridized carbons (Fsp3) is 0.300. The van der Waals surface area contributed by atoms with Gasteiger partial charge in [0.15, 0.2) is 0 Å². The standard InChI is InChI=1S/C10H12FNO2/c1-7(10(13)14)12(2)9-5-3-4-8(11)6-9/h3-7H,1-2H3,(H,13,14). The Bertz CT molecular complexity index is 341. The Morgan fingerprint density at radius 2 is 2.21 bits per heavy atom. The van der Waals surface area contributed by atoms with Gasteiger partial charge in [-0.1, -0.05) is 6.07 Å². The molecule has 1 aromatic rings. The molecular formula is C10H12FNO2. The van der Waals surface area contributed by atoms with Crippen LogP contribution in [0.2, 0.25) is 0 Å². The summed E-state index contributed by atoms with van der Waals surface area (Å²) in [6, 6.07) is 5.18. The monoisotopic (exact) mass is 197 g/mol. The number of anilines is 1. The smallest absolute Gasteiger partial charge is 0.326 e. The molecule has 0 heterocycles. The fourth-order valence-corrected chi connectivity index (χ4v) is 1.08. The molecule has 0 aliphatic heterocycles. The molecule has 0 saturated carbocycles. The van der Waals surface area contributed by atoms with Gasteiger partial charge in [0.1, 0.15) is 11.9 Å². The lowest BCUT2D eigenvalue weighted by molar-refractivity contribution is -0.138. The van der Waals surface area contributed by atoms with E-state index >= 15 is 0 Å². The van der Waals surface area contributed by atoms with Crippen LogP contribution >= 0.6 is 0 Å². The van der Waals surface area contributed by atoms with Crippen molar-refractivity contribution in [2.24, 2.45) is 0 Å². The Balaban J connectivity index is 2.89. The Morgan fingerprint density at radius 1 is 1.57 bits per heavy atom. The van der Waals surface area contributed by atoms with E-state index in [-0.39, 0.29) is 5.82 Å². The second-order valence-corrected chi connectivity index (χ2v) is 3.10. The molecule has 1 N–H and O–H groups in total. The summed E-state index contributed by atoms with van der Waals surface area (Å²) in [6.45, 7) is 1.55. The average Bonchev–Trinajstić information content (AvgIpc) is 2.15.